The first kappa shape index (κ1) is 8.57. The summed E-state index contributed by atoms with van der Waals surface area (Å²) in [4.78, 5) is 0. The van der Waals surface area contributed by atoms with E-state index >= 15 is 0 Å². The van der Waals surface area contributed by atoms with Gasteiger partial charge in [-0.2, -0.15) is 0 Å². The number of aryl methyl sites for hydroxylation is 1. The summed E-state index contributed by atoms with van der Waals surface area (Å²) < 4.78 is 3.04. The maximum absolute atomic E-state index is 3.89. The SMILES string of the molecule is C=C(Br)c1cn(C)c2ccccc12. The molecule has 2 heteroatoms. The van der Waals surface area contributed by atoms with Crippen LogP contribution >= 0.6 is 15.9 Å². The number of halogens is 1. The van der Waals surface area contributed by atoms with Crippen molar-refractivity contribution in [3.8, 4) is 0 Å². The van der Waals surface area contributed by atoms with Crippen molar-refractivity contribution in [2.75, 3.05) is 0 Å². The molecular weight excluding hydrogens is 226 g/mol. The average molecular weight is 236 g/mol. The molecule has 13 heavy (non-hydrogen) atoms. The molecular formula is C11H10BrN. The second-order valence-electron chi connectivity index (χ2n) is 3.08. The van der Waals surface area contributed by atoms with Gasteiger partial charge >= 0.3 is 0 Å². The van der Waals surface area contributed by atoms with Crippen molar-refractivity contribution in [2.24, 2.45) is 7.05 Å². The minimum Gasteiger partial charge on any atom is -0.350 e. The number of hydrogen-bond donors (Lipinski definition) is 0. The van der Waals surface area contributed by atoms with Gasteiger partial charge in [-0.1, -0.05) is 40.7 Å². The van der Waals surface area contributed by atoms with Crippen LogP contribution in [-0.2, 0) is 7.05 Å². The Hall–Kier alpha value is -1.02. The summed E-state index contributed by atoms with van der Waals surface area (Å²) in [6.45, 7) is 3.89. The number of aromatic nitrogens is 1. The number of para-hydroxylation sites is 1. The average Bonchev–Trinajstić information content (AvgIpc) is 2.45. The highest BCUT2D eigenvalue weighted by Crippen LogP contribution is 2.28. The van der Waals surface area contributed by atoms with Gasteiger partial charge in [-0.3, -0.25) is 0 Å². The number of benzene rings is 1. The van der Waals surface area contributed by atoms with Crippen LogP contribution in [0.2, 0.25) is 0 Å². The van der Waals surface area contributed by atoms with Gasteiger partial charge in [-0.15, -0.1) is 0 Å². The summed E-state index contributed by atoms with van der Waals surface area (Å²) >= 11 is 3.41. The maximum Gasteiger partial charge on any atom is 0.0484 e. The van der Waals surface area contributed by atoms with Crippen LogP contribution in [0.3, 0.4) is 0 Å². The molecule has 0 fully saturated rings. The molecule has 0 amide bonds. The third-order valence-corrected chi connectivity index (χ3v) is 2.62. The number of nitrogens with zero attached hydrogens (tertiary/aromatic N) is 1. The van der Waals surface area contributed by atoms with Crippen LogP contribution < -0.4 is 0 Å². The molecule has 0 bridgehead atoms. The highest BCUT2D eigenvalue weighted by atomic mass is 79.9. The minimum absolute atomic E-state index is 0.935. The Balaban J connectivity index is 2.85. The van der Waals surface area contributed by atoms with Gasteiger partial charge in [0.05, 0.1) is 0 Å². The minimum atomic E-state index is 0.935. The highest BCUT2D eigenvalue weighted by molar-refractivity contribution is 9.15. The van der Waals surface area contributed by atoms with Crippen LogP contribution in [0, 0.1) is 0 Å². The molecule has 0 aliphatic heterocycles. The quantitative estimate of drug-likeness (QED) is 0.713. The van der Waals surface area contributed by atoms with E-state index in [-0.39, 0.29) is 0 Å². The van der Waals surface area contributed by atoms with Gasteiger partial charge in [0.25, 0.3) is 0 Å². The summed E-state index contributed by atoms with van der Waals surface area (Å²) in [7, 11) is 2.04. The van der Waals surface area contributed by atoms with E-state index in [1.165, 1.54) is 10.9 Å². The summed E-state index contributed by atoms with van der Waals surface area (Å²) in [5.74, 6) is 0. The predicted molar refractivity (Wildman–Crippen MR) is 60.9 cm³/mol. The Morgan fingerprint density at radius 3 is 2.77 bits per heavy atom. The van der Waals surface area contributed by atoms with Crippen molar-refractivity contribution < 1.29 is 0 Å². The second kappa shape index (κ2) is 3.04. The summed E-state index contributed by atoms with van der Waals surface area (Å²) in [6, 6.07) is 8.30. The number of hydrogen-bond acceptors (Lipinski definition) is 0. The first-order valence-electron chi connectivity index (χ1n) is 4.09. The standard InChI is InChI=1S/C11H10BrN/c1-8(12)10-7-13(2)11-6-4-3-5-9(10)11/h3-7H,1H2,2H3. The van der Waals surface area contributed by atoms with Gasteiger partial charge in [0.1, 0.15) is 0 Å². The zero-order chi connectivity index (χ0) is 9.42. The first-order chi connectivity index (χ1) is 6.20. The fourth-order valence-corrected chi connectivity index (χ4v) is 1.87. The van der Waals surface area contributed by atoms with E-state index in [0.717, 1.165) is 10.0 Å². The van der Waals surface area contributed by atoms with Crippen LogP contribution in [0.5, 0.6) is 0 Å². The van der Waals surface area contributed by atoms with Gasteiger partial charge in [0.2, 0.25) is 0 Å². The first-order valence-corrected chi connectivity index (χ1v) is 4.88. The van der Waals surface area contributed by atoms with Crippen LogP contribution in [0.1, 0.15) is 5.56 Å². The predicted octanol–water partition coefficient (Wildman–Crippen LogP) is 3.54. The van der Waals surface area contributed by atoms with Crippen molar-refractivity contribution in [3.63, 3.8) is 0 Å². The van der Waals surface area contributed by atoms with Gasteiger partial charge < -0.3 is 4.57 Å². The smallest absolute Gasteiger partial charge is 0.0484 e. The van der Waals surface area contributed by atoms with Crippen molar-refractivity contribution in [3.05, 3.63) is 42.6 Å². The van der Waals surface area contributed by atoms with E-state index in [1.807, 2.05) is 19.2 Å². The van der Waals surface area contributed by atoms with E-state index in [0.29, 0.717) is 0 Å². The van der Waals surface area contributed by atoms with E-state index in [4.69, 9.17) is 0 Å². The molecule has 0 unspecified atom stereocenters. The highest BCUT2D eigenvalue weighted by Gasteiger charge is 2.05. The summed E-state index contributed by atoms with van der Waals surface area (Å²) in [5.41, 5.74) is 2.40. The largest absolute Gasteiger partial charge is 0.350 e. The molecule has 0 aliphatic carbocycles. The zero-order valence-electron chi connectivity index (χ0n) is 7.42. The van der Waals surface area contributed by atoms with E-state index in [2.05, 4.69) is 45.4 Å². The molecule has 0 saturated carbocycles. The molecule has 0 aliphatic rings. The molecule has 2 rings (SSSR count). The molecule has 1 nitrogen and oxygen atoms in total. The Morgan fingerprint density at radius 1 is 1.38 bits per heavy atom. The lowest BCUT2D eigenvalue weighted by Crippen LogP contribution is -1.81. The van der Waals surface area contributed by atoms with Gasteiger partial charge in [0.15, 0.2) is 0 Å². The monoisotopic (exact) mass is 235 g/mol. The molecule has 0 spiro atoms. The van der Waals surface area contributed by atoms with Gasteiger partial charge in [0, 0.05) is 34.2 Å². The second-order valence-corrected chi connectivity index (χ2v) is 4.03. The van der Waals surface area contributed by atoms with E-state index in [1.54, 1.807) is 0 Å². The Labute approximate surface area is 85.8 Å². The topological polar surface area (TPSA) is 4.93 Å². The molecule has 2 aromatic rings. The molecule has 0 N–H and O–H groups in total. The lowest BCUT2D eigenvalue weighted by atomic mass is 10.2. The number of rotatable bonds is 1. The summed E-state index contributed by atoms with van der Waals surface area (Å²) in [5, 5.41) is 1.24. The molecule has 0 radical (unpaired) electrons. The van der Waals surface area contributed by atoms with Gasteiger partial charge in [-0.25, -0.2) is 0 Å². The molecule has 1 aromatic heterocycles. The Bertz CT molecular complexity index is 468. The van der Waals surface area contributed by atoms with Crippen LogP contribution in [0.4, 0.5) is 0 Å². The fraction of sp³-hybridized carbons (Fsp3) is 0.0909. The molecule has 0 saturated heterocycles. The number of fused-ring (bicyclic) bond motifs is 1. The van der Waals surface area contributed by atoms with Crippen LogP contribution in [-0.4, -0.2) is 4.57 Å². The van der Waals surface area contributed by atoms with Crippen molar-refractivity contribution in [2.45, 2.75) is 0 Å². The lowest BCUT2D eigenvalue weighted by molar-refractivity contribution is 0.968. The van der Waals surface area contributed by atoms with Crippen LogP contribution in [0.25, 0.3) is 15.4 Å². The third kappa shape index (κ3) is 1.31. The Morgan fingerprint density at radius 2 is 2.08 bits per heavy atom. The lowest BCUT2D eigenvalue weighted by Gasteiger charge is -1.93. The Kier molecular flexibility index (Phi) is 2.00. The fourth-order valence-electron chi connectivity index (χ4n) is 1.56. The molecule has 66 valence electrons. The zero-order valence-corrected chi connectivity index (χ0v) is 9.01. The third-order valence-electron chi connectivity index (χ3n) is 2.19. The van der Waals surface area contributed by atoms with Gasteiger partial charge in [-0.05, 0) is 6.07 Å². The van der Waals surface area contributed by atoms with Crippen molar-refractivity contribution in [1.29, 1.82) is 0 Å². The maximum atomic E-state index is 3.89. The van der Waals surface area contributed by atoms with Crippen LogP contribution in [0.15, 0.2) is 37.0 Å². The van der Waals surface area contributed by atoms with E-state index < -0.39 is 0 Å². The normalized spacial score (nSPS) is 10.6. The van der Waals surface area contributed by atoms with Crippen molar-refractivity contribution in [1.82, 2.24) is 4.57 Å². The van der Waals surface area contributed by atoms with E-state index in [9.17, 15) is 0 Å². The molecule has 1 aromatic carbocycles. The molecule has 1 heterocycles. The molecule has 0 atom stereocenters. The van der Waals surface area contributed by atoms with Crippen molar-refractivity contribution >= 4 is 31.3 Å². The summed E-state index contributed by atoms with van der Waals surface area (Å²) in [6.07, 6.45) is 2.09.